The number of likely N-dealkylation sites (tertiary alicyclic amines) is 2. The number of nitrogens with zero attached hydrogens (tertiary/aromatic N) is 2. The Bertz CT molecular complexity index is 1200. The maximum Gasteiger partial charge on any atom is 0.328 e. The summed E-state index contributed by atoms with van der Waals surface area (Å²) < 4.78 is 0. The number of urea groups is 1. The van der Waals surface area contributed by atoms with Gasteiger partial charge < -0.3 is 10.8 Å². The molecule has 3 fully saturated rings. The monoisotopic (exact) mass is 491 g/mol. The largest absolute Gasteiger partial charge is 0.508 e. The summed E-state index contributed by atoms with van der Waals surface area (Å²) in [4.78, 5) is 61.7. The van der Waals surface area contributed by atoms with Crippen LogP contribution in [0.15, 0.2) is 35.9 Å². The van der Waals surface area contributed by atoms with Crippen molar-refractivity contribution < 1.29 is 29.1 Å². The molecule has 9 nitrogen and oxygen atoms in total. The second-order valence-electron chi connectivity index (χ2n) is 8.94. The van der Waals surface area contributed by atoms with Gasteiger partial charge in [-0.2, -0.15) is 4.90 Å². The van der Waals surface area contributed by atoms with Crippen LogP contribution in [0, 0.1) is 17.8 Å². The van der Waals surface area contributed by atoms with Gasteiger partial charge in [-0.3, -0.25) is 24.1 Å². The minimum Gasteiger partial charge on any atom is -0.508 e. The van der Waals surface area contributed by atoms with Gasteiger partial charge in [0.2, 0.25) is 11.8 Å². The van der Waals surface area contributed by atoms with E-state index in [-0.39, 0.29) is 18.6 Å². The molecular formula is C22H19Cl2N3O6. The third-order valence-corrected chi connectivity index (χ3v) is 8.85. The highest BCUT2D eigenvalue weighted by molar-refractivity contribution is 6.53. The van der Waals surface area contributed by atoms with Crippen LogP contribution in [0.5, 0.6) is 5.75 Å². The Morgan fingerprint density at radius 1 is 1.12 bits per heavy atom. The smallest absolute Gasteiger partial charge is 0.328 e. The molecule has 4 aliphatic rings. The van der Waals surface area contributed by atoms with Crippen molar-refractivity contribution in [2.24, 2.45) is 23.5 Å². The van der Waals surface area contributed by atoms with Crippen LogP contribution >= 0.6 is 23.2 Å². The number of aromatic hydroxyl groups is 1. The van der Waals surface area contributed by atoms with Gasteiger partial charge in [-0.05, 0) is 36.5 Å². The normalized spacial score (nSPS) is 37.6. The molecular weight excluding hydrogens is 473 g/mol. The van der Waals surface area contributed by atoms with E-state index >= 15 is 0 Å². The minimum atomic E-state index is -1.92. The number of carbonyl (C=O) groups is 5. The average Bonchev–Trinajstić information content (AvgIpc) is 3.09. The predicted octanol–water partition coefficient (Wildman–Crippen LogP) is 1.46. The predicted molar refractivity (Wildman–Crippen MR) is 115 cm³/mol. The van der Waals surface area contributed by atoms with Crippen molar-refractivity contribution in [3.05, 3.63) is 41.5 Å². The number of fused-ring (bicyclic) bond motifs is 4. The van der Waals surface area contributed by atoms with E-state index in [4.69, 9.17) is 28.9 Å². The topological polar surface area (TPSA) is 138 Å². The number of alkyl halides is 2. The lowest BCUT2D eigenvalue weighted by molar-refractivity contribution is -0.139. The molecule has 0 spiro atoms. The molecule has 1 aromatic carbocycles. The lowest BCUT2D eigenvalue weighted by Crippen LogP contribution is -2.60. The highest BCUT2D eigenvalue weighted by atomic mass is 35.5. The van der Waals surface area contributed by atoms with Gasteiger partial charge in [-0.25, -0.2) is 4.79 Å². The summed E-state index contributed by atoms with van der Waals surface area (Å²) in [7, 11) is 1.29. The number of imide groups is 4. The first-order chi connectivity index (χ1) is 15.4. The minimum absolute atomic E-state index is 0.0819. The third-order valence-electron chi connectivity index (χ3n) is 7.44. The molecule has 1 saturated carbocycles. The number of phenols is 1. The van der Waals surface area contributed by atoms with Gasteiger partial charge in [-0.15, -0.1) is 23.2 Å². The van der Waals surface area contributed by atoms with Crippen LogP contribution in [0.25, 0.3) is 0 Å². The Hall–Kier alpha value is -2.91. The zero-order valence-corrected chi connectivity index (χ0v) is 18.8. The van der Waals surface area contributed by atoms with Crippen LogP contribution in [0.3, 0.4) is 0 Å². The van der Waals surface area contributed by atoms with Crippen molar-refractivity contribution in [2.75, 3.05) is 7.05 Å². The number of hydrogen-bond donors (Lipinski definition) is 2. The Labute approximate surface area is 198 Å². The second-order valence-corrected chi connectivity index (χ2v) is 10.2. The van der Waals surface area contributed by atoms with Gasteiger partial charge in [0.05, 0.1) is 11.8 Å². The maximum absolute atomic E-state index is 13.3. The summed E-state index contributed by atoms with van der Waals surface area (Å²) in [5, 5.41) is 10.1. The van der Waals surface area contributed by atoms with Crippen molar-refractivity contribution in [2.45, 2.75) is 28.5 Å². The van der Waals surface area contributed by atoms with Gasteiger partial charge in [0.25, 0.3) is 11.8 Å². The molecule has 6 unspecified atom stereocenters. The maximum atomic E-state index is 13.3. The van der Waals surface area contributed by atoms with Crippen LogP contribution in [0.2, 0.25) is 0 Å². The van der Waals surface area contributed by atoms with E-state index in [9.17, 15) is 29.1 Å². The first-order valence-corrected chi connectivity index (χ1v) is 11.1. The highest BCUT2D eigenvalue weighted by Gasteiger charge is 2.76. The van der Waals surface area contributed by atoms with Crippen LogP contribution < -0.4 is 5.73 Å². The SMILES string of the molecule is CN1C(=O)C2(Cl)CC3C(=CCC4C(=O)N(C(N)=O)C(=O)C43)C(c3cccc(O)c3)C2(Cl)C1=O. The molecule has 6 amide bonds. The summed E-state index contributed by atoms with van der Waals surface area (Å²) in [6.45, 7) is 0. The van der Waals surface area contributed by atoms with E-state index in [1.54, 1.807) is 18.2 Å². The van der Waals surface area contributed by atoms with Crippen molar-refractivity contribution in [3.63, 3.8) is 0 Å². The molecule has 11 heteroatoms. The number of phenolic OH excluding ortho intramolecular Hbond substituents is 1. The number of carbonyl (C=O) groups excluding carboxylic acids is 5. The fraction of sp³-hybridized carbons (Fsp3) is 0.409. The quantitative estimate of drug-likeness (QED) is 0.346. The summed E-state index contributed by atoms with van der Waals surface area (Å²) in [6.07, 6.45) is 1.67. The van der Waals surface area contributed by atoms with Crippen LogP contribution in [0.1, 0.15) is 24.3 Å². The van der Waals surface area contributed by atoms with Gasteiger partial charge >= 0.3 is 6.03 Å². The number of hydrogen-bond acceptors (Lipinski definition) is 6. The third kappa shape index (κ3) is 2.52. The molecule has 5 rings (SSSR count). The molecule has 2 saturated heterocycles. The number of primary amides is 1. The van der Waals surface area contributed by atoms with Crippen molar-refractivity contribution in [3.8, 4) is 5.75 Å². The molecule has 2 heterocycles. The lowest BCUT2D eigenvalue weighted by atomic mass is 9.56. The van der Waals surface area contributed by atoms with Gasteiger partial charge in [0, 0.05) is 13.0 Å². The average molecular weight is 492 g/mol. The summed E-state index contributed by atoms with van der Waals surface area (Å²) in [5.74, 6) is -6.45. The summed E-state index contributed by atoms with van der Waals surface area (Å²) >= 11 is 13.9. The van der Waals surface area contributed by atoms with Gasteiger partial charge in [-0.1, -0.05) is 23.8 Å². The lowest BCUT2D eigenvalue weighted by Gasteiger charge is -2.50. The molecule has 0 aromatic heterocycles. The van der Waals surface area contributed by atoms with Gasteiger partial charge in [0.1, 0.15) is 5.75 Å². The van der Waals surface area contributed by atoms with E-state index in [2.05, 4.69) is 0 Å². The van der Waals surface area contributed by atoms with E-state index < -0.39 is 63.1 Å². The molecule has 33 heavy (non-hydrogen) atoms. The number of benzene rings is 1. The van der Waals surface area contributed by atoms with E-state index in [0.29, 0.717) is 16.0 Å². The standard InChI is InChI=1S/C22H19Cl2N3O6/c1-26-18(31)21(23)8-13-11(5-6-12-14(13)17(30)27(16(12)29)20(25)33)15(22(21,24)19(26)32)9-3-2-4-10(28)7-9/h2-5,7,12-15,28H,6,8H2,1H3,(H2,25,33). The molecule has 2 aliphatic heterocycles. The molecule has 2 aliphatic carbocycles. The van der Waals surface area contributed by atoms with Crippen molar-refractivity contribution >= 4 is 52.9 Å². The fourth-order valence-corrected chi connectivity index (χ4v) is 7.06. The molecule has 6 atom stereocenters. The van der Waals surface area contributed by atoms with Crippen LogP contribution in [-0.4, -0.2) is 61.4 Å². The zero-order chi connectivity index (χ0) is 24.0. The number of halogens is 2. The van der Waals surface area contributed by atoms with E-state index in [0.717, 1.165) is 4.90 Å². The Balaban J connectivity index is 1.74. The van der Waals surface area contributed by atoms with Crippen LogP contribution in [0.4, 0.5) is 4.79 Å². The van der Waals surface area contributed by atoms with Crippen molar-refractivity contribution in [1.29, 1.82) is 0 Å². The Kier molecular flexibility index (Phi) is 4.52. The number of nitrogens with two attached hydrogens (primary N) is 1. The number of rotatable bonds is 1. The molecule has 1 aromatic rings. The molecule has 3 N–H and O–H groups in total. The number of allylic oxidation sites excluding steroid dienone is 2. The van der Waals surface area contributed by atoms with Gasteiger partial charge in [0.15, 0.2) is 9.75 Å². The van der Waals surface area contributed by atoms with Crippen LogP contribution in [-0.2, 0) is 19.2 Å². The zero-order valence-electron chi connectivity index (χ0n) is 17.3. The Morgan fingerprint density at radius 2 is 1.82 bits per heavy atom. The Morgan fingerprint density at radius 3 is 2.45 bits per heavy atom. The summed E-state index contributed by atoms with van der Waals surface area (Å²) in [5.41, 5.74) is 6.28. The first kappa shape index (κ1) is 21.9. The fourth-order valence-electron chi connectivity index (χ4n) is 6.04. The molecule has 172 valence electrons. The van der Waals surface area contributed by atoms with E-state index in [1.807, 2.05) is 0 Å². The first-order valence-electron chi connectivity index (χ1n) is 10.3. The molecule has 0 radical (unpaired) electrons. The summed E-state index contributed by atoms with van der Waals surface area (Å²) in [6, 6.07) is 4.92. The highest BCUT2D eigenvalue weighted by Crippen LogP contribution is 2.65. The molecule has 0 bridgehead atoms. The van der Waals surface area contributed by atoms with Crippen molar-refractivity contribution in [1.82, 2.24) is 9.80 Å². The van der Waals surface area contributed by atoms with E-state index in [1.165, 1.54) is 19.2 Å². The number of amides is 6. The second kappa shape index (κ2) is 6.80.